The van der Waals surface area contributed by atoms with E-state index in [1.54, 1.807) is 54.6 Å². The number of aliphatic hydroxyl groups excluding tert-OH is 1. The van der Waals surface area contributed by atoms with Crippen LogP contribution >= 0.6 is 0 Å². The van der Waals surface area contributed by atoms with Gasteiger partial charge in [-0.3, -0.25) is 9.59 Å². The summed E-state index contributed by atoms with van der Waals surface area (Å²) in [4.78, 5) is 37.3. The van der Waals surface area contributed by atoms with E-state index < -0.39 is 30.1 Å². The average molecular weight is 380 g/mol. The second kappa shape index (κ2) is 7.96. The van der Waals surface area contributed by atoms with Gasteiger partial charge in [-0.15, -0.1) is 0 Å². The fourth-order valence-corrected chi connectivity index (χ4v) is 3.21. The van der Waals surface area contributed by atoms with E-state index in [4.69, 9.17) is 4.74 Å². The van der Waals surface area contributed by atoms with Crippen molar-refractivity contribution >= 4 is 23.4 Å². The zero-order valence-corrected chi connectivity index (χ0v) is 15.1. The summed E-state index contributed by atoms with van der Waals surface area (Å²) in [7, 11) is 1.51. The molecule has 144 valence electrons. The van der Waals surface area contributed by atoms with Crippen LogP contribution in [0.5, 0.6) is 5.75 Å². The number of ether oxygens (including phenoxy) is 1. The smallest absolute Gasteiger partial charge is 0.295 e. The molecule has 0 aromatic heterocycles. The molecule has 1 fully saturated rings. The molecule has 7 heteroatoms. The number of aliphatic hydroxyl groups is 1. The number of ketones is 1. The number of methoxy groups -OCH3 is 1. The monoisotopic (exact) mass is 380 g/mol. The maximum Gasteiger partial charge on any atom is 0.295 e. The Hall–Kier alpha value is -3.61. The molecule has 1 atom stereocenters. The Balaban J connectivity index is 2.13. The van der Waals surface area contributed by atoms with Crippen LogP contribution in [0.3, 0.4) is 0 Å². The van der Waals surface area contributed by atoms with Gasteiger partial charge < -0.3 is 24.6 Å². The van der Waals surface area contributed by atoms with E-state index in [-0.39, 0.29) is 17.9 Å². The van der Waals surface area contributed by atoms with Gasteiger partial charge in [-0.05, 0) is 17.7 Å². The molecule has 0 bridgehead atoms. The molecule has 1 aliphatic heterocycles. The van der Waals surface area contributed by atoms with E-state index >= 15 is 0 Å². The number of likely N-dealkylation sites (tertiary alicyclic amines) is 1. The molecule has 7 nitrogen and oxygen atoms in total. The minimum atomic E-state index is -1.33. The standard InChI is InChI=1S/C21H19NO6/c1-28-15-9-7-13(8-10-15)18-17(19(25)14-5-3-2-4-6-14)20(26)21(27)22(18)12-11-16(23)24/h2-10,18,25H,11-12H2,1H3,(H,23,24)/p-1/t18-/m1/s1. The van der Waals surface area contributed by atoms with Gasteiger partial charge in [-0.1, -0.05) is 42.5 Å². The molecule has 0 radical (unpaired) electrons. The molecule has 2 aromatic rings. The number of carbonyl (C=O) groups excluding carboxylic acids is 3. The van der Waals surface area contributed by atoms with Gasteiger partial charge in [0.15, 0.2) is 0 Å². The quantitative estimate of drug-likeness (QED) is 0.459. The maximum atomic E-state index is 12.7. The van der Waals surface area contributed by atoms with E-state index in [0.29, 0.717) is 16.9 Å². The van der Waals surface area contributed by atoms with Gasteiger partial charge in [0.25, 0.3) is 11.7 Å². The summed E-state index contributed by atoms with van der Waals surface area (Å²) in [6.07, 6.45) is -0.426. The first kappa shape index (κ1) is 19.2. The average Bonchev–Trinajstić information content (AvgIpc) is 2.97. The summed E-state index contributed by atoms with van der Waals surface area (Å²) in [6, 6.07) is 14.1. The number of aliphatic carboxylic acids is 1. The van der Waals surface area contributed by atoms with Crippen LogP contribution in [-0.2, 0) is 14.4 Å². The Morgan fingerprint density at radius 3 is 2.32 bits per heavy atom. The lowest BCUT2D eigenvalue weighted by Gasteiger charge is -2.25. The number of rotatable bonds is 6. The summed E-state index contributed by atoms with van der Waals surface area (Å²) in [6.45, 7) is -0.213. The topological polar surface area (TPSA) is 107 Å². The highest BCUT2D eigenvalue weighted by Crippen LogP contribution is 2.39. The van der Waals surface area contributed by atoms with Gasteiger partial charge in [0, 0.05) is 24.5 Å². The van der Waals surface area contributed by atoms with Gasteiger partial charge >= 0.3 is 0 Å². The van der Waals surface area contributed by atoms with Gasteiger partial charge in [-0.25, -0.2) is 0 Å². The fraction of sp³-hybridized carbons (Fsp3) is 0.190. The van der Waals surface area contributed by atoms with Crippen molar-refractivity contribution in [3.05, 3.63) is 71.3 Å². The van der Waals surface area contributed by atoms with Crippen molar-refractivity contribution in [3.8, 4) is 5.75 Å². The molecule has 0 aliphatic carbocycles. The molecule has 0 saturated carbocycles. The molecule has 1 amide bonds. The molecular formula is C21H18NO6-. The number of Topliss-reactive ketones (excluding diaryl/α,β-unsaturated/α-hetero) is 1. The maximum absolute atomic E-state index is 12.7. The highest BCUT2D eigenvalue weighted by molar-refractivity contribution is 6.46. The number of nitrogens with zero attached hydrogens (tertiary/aromatic N) is 1. The minimum absolute atomic E-state index is 0.0836. The highest BCUT2D eigenvalue weighted by atomic mass is 16.5. The van der Waals surface area contributed by atoms with Gasteiger partial charge in [-0.2, -0.15) is 0 Å². The summed E-state index contributed by atoms with van der Waals surface area (Å²) in [5.41, 5.74) is 0.856. The van der Waals surface area contributed by atoms with Gasteiger partial charge in [0.1, 0.15) is 11.5 Å². The highest BCUT2D eigenvalue weighted by Gasteiger charge is 2.45. The van der Waals surface area contributed by atoms with E-state index in [1.165, 1.54) is 7.11 Å². The molecule has 0 unspecified atom stereocenters. The number of benzene rings is 2. The van der Waals surface area contributed by atoms with Crippen LogP contribution in [0, 0.1) is 0 Å². The molecule has 28 heavy (non-hydrogen) atoms. The van der Waals surface area contributed by atoms with E-state index in [2.05, 4.69) is 0 Å². The number of hydrogen-bond donors (Lipinski definition) is 1. The third-order valence-corrected chi connectivity index (χ3v) is 4.58. The Kier molecular flexibility index (Phi) is 5.44. The molecule has 3 rings (SSSR count). The number of hydrogen-bond acceptors (Lipinski definition) is 6. The van der Waals surface area contributed by atoms with Crippen LogP contribution in [0.4, 0.5) is 0 Å². The van der Waals surface area contributed by atoms with Crippen LogP contribution in [0.15, 0.2) is 60.2 Å². The minimum Gasteiger partial charge on any atom is -0.550 e. The lowest BCUT2D eigenvalue weighted by atomic mass is 9.95. The first-order valence-corrected chi connectivity index (χ1v) is 8.61. The zero-order chi connectivity index (χ0) is 20.3. The summed E-state index contributed by atoms with van der Waals surface area (Å²) >= 11 is 0. The second-order valence-corrected chi connectivity index (χ2v) is 6.25. The lowest BCUT2D eigenvalue weighted by molar-refractivity contribution is -0.305. The van der Waals surface area contributed by atoms with Crippen molar-refractivity contribution in [3.63, 3.8) is 0 Å². The largest absolute Gasteiger partial charge is 0.550 e. The zero-order valence-electron chi connectivity index (χ0n) is 15.1. The molecular weight excluding hydrogens is 362 g/mol. The SMILES string of the molecule is COc1ccc([C@@H]2C(=C(O)c3ccccc3)C(=O)C(=O)N2CCC(=O)[O-])cc1. The predicted molar refractivity (Wildman–Crippen MR) is 98.1 cm³/mol. The molecule has 2 aromatic carbocycles. The molecule has 0 spiro atoms. The Morgan fingerprint density at radius 2 is 1.75 bits per heavy atom. The number of carboxylic acid groups (broad SMARTS) is 1. The summed E-state index contributed by atoms with van der Waals surface area (Å²) < 4.78 is 5.13. The summed E-state index contributed by atoms with van der Waals surface area (Å²) in [5, 5.41) is 21.7. The van der Waals surface area contributed by atoms with Crippen molar-refractivity contribution in [2.75, 3.05) is 13.7 Å². The molecule has 1 saturated heterocycles. The normalized spacial score (nSPS) is 18.3. The van der Waals surface area contributed by atoms with Crippen molar-refractivity contribution in [1.82, 2.24) is 4.90 Å². The summed E-state index contributed by atoms with van der Waals surface area (Å²) in [5.74, 6) is -2.78. The van der Waals surface area contributed by atoms with Crippen LogP contribution in [0.1, 0.15) is 23.6 Å². The van der Waals surface area contributed by atoms with Crippen LogP contribution in [-0.4, -0.2) is 41.3 Å². The van der Waals surface area contributed by atoms with Gasteiger partial charge in [0.2, 0.25) is 0 Å². The lowest BCUT2D eigenvalue weighted by Crippen LogP contribution is -2.34. The van der Waals surface area contributed by atoms with Gasteiger partial charge in [0.05, 0.1) is 18.7 Å². The first-order chi connectivity index (χ1) is 13.4. The van der Waals surface area contributed by atoms with Crippen molar-refractivity contribution in [2.45, 2.75) is 12.5 Å². The van der Waals surface area contributed by atoms with Crippen molar-refractivity contribution in [2.24, 2.45) is 0 Å². The van der Waals surface area contributed by atoms with Crippen molar-refractivity contribution in [1.29, 1.82) is 0 Å². The predicted octanol–water partition coefficient (Wildman–Crippen LogP) is 1.26. The van der Waals surface area contributed by atoms with Crippen molar-refractivity contribution < 1.29 is 29.3 Å². The van der Waals surface area contributed by atoms with Crippen LogP contribution in [0.2, 0.25) is 0 Å². The number of amides is 1. The van der Waals surface area contributed by atoms with E-state index in [0.717, 1.165) is 4.90 Å². The Morgan fingerprint density at radius 1 is 1.11 bits per heavy atom. The number of carbonyl (C=O) groups is 3. The second-order valence-electron chi connectivity index (χ2n) is 6.25. The third-order valence-electron chi connectivity index (χ3n) is 4.58. The third kappa shape index (κ3) is 3.59. The fourth-order valence-electron chi connectivity index (χ4n) is 3.21. The number of carboxylic acids is 1. The molecule has 1 heterocycles. The molecule has 1 aliphatic rings. The Labute approximate surface area is 161 Å². The van der Waals surface area contributed by atoms with Crippen LogP contribution < -0.4 is 9.84 Å². The first-order valence-electron chi connectivity index (χ1n) is 8.61. The molecule has 1 N–H and O–H groups in total. The Bertz CT molecular complexity index is 933. The van der Waals surface area contributed by atoms with E-state index in [1.807, 2.05) is 0 Å². The van der Waals surface area contributed by atoms with E-state index in [9.17, 15) is 24.6 Å². The van der Waals surface area contributed by atoms with Crippen LogP contribution in [0.25, 0.3) is 5.76 Å².